The molecule has 9 heteroatoms. The van der Waals surface area contributed by atoms with E-state index in [-0.39, 0.29) is 30.1 Å². The van der Waals surface area contributed by atoms with Crippen molar-refractivity contribution in [1.82, 2.24) is 30.3 Å². The van der Waals surface area contributed by atoms with Gasteiger partial charge in [0.2, 0.25) is 17.7 Å². The molecule has 1 aliphatic rings. The fourth-order valence-electron chi connectivity index (χ4n) is 4.74. The minimum Gasteiger partial charge on any atom is -0.344 e. The summed E-state index contributed by atoms with van der Waals surface area (Å²) >= 11 is 0. The highest BCUT2D eigenvalue weighted by atomic mass is 16.2. The first-order valence-electron chi connectivity index (χ1n) is 14.0. The Morgan fingerprint density at radius 1 is 1.08 bits per heavy atom. The van der Waals surface area contributed by atoms with Gasteiger partial charge in [-0.15, -0.1) is 0 Å². The van der Waals surface area contributed by atoms with Crippen molar-refractivity contribution in [2.45, 2.75) is 91.8 Å². The van der Waals surface area contributed by atoms with Crippen molar-refractivity contribution >= 4 is 17.7 Å². The smallest absolute Gasteiger partial charge is 0.243 e. The SMILES string of the molecule is CC[C@H](C)[C@@H]1NC(=O)CCCN(C(=O)CCC(C)C)CCn2nc(C)nc2[C@H](Cc2ccccc2)NC1=O. The van der Waals surface area contributed by atoms with E-state index in [1.165, 1.54) is 0 Å². The van der Waals surface area contributed by atoms with Crippen LogP contribution < -0.4 is 10.6 Å². The quantitative estimate of drug-likeness (QED) is 0.576. The molecule has 0 fully saturated rings. The van der Waals surface area contributed by atoms with Crippen molar-refractivity contribution < 1.29 is 14.4 Å². The van der Waals surface area contributed by atoms with Gasteiger partial charge in [-0.05, 0) is 43.6 Å². The van der Waals surface area contributed by atoms with Crippen LogP contribution in [0.4, 0.5) is 0 Å². The Bertz CT molecular complexity index is 1070. The Morgan fingerprint density at radius 3 is 2.50 bits per heavy atom. The molecule has 2 heterocycles. The number of nitrogens with one attached hydrogen (secondary N) is 2. The number of carbonyl (C=O) groups is 3. The van der Waals surface area contributed by atoms with E-state index in [2.05, 4.69) is 29.6 Å². The zero-order valence-electron chi connectivity index (χ0n) is 23.6. The molecule has 0 radical (unpaired) electrons. The van der Waals surface area contributed by atoms with Gasteiger partial charge in [0.15, 0.2) is 0 Å². The number of hydrogen-bond acceptors (Lipinski definition) is 5. The first kappa shape index (κ1) is 29.3. The fourth-order valence-corrected chi connectivity index (χ4v) is 4.74. The number of aryl methyl sites for hydroxylation is 1. The molecule has 0 saturated heterocycles. The number of fused-ring (bicyclic) bond motifs is 1. The van der Waals surface area contributed by atoms with Gasteiger partial charge in [0.25, 0.3) is 0 Å². The van der Waals surface area contributed by atoms with E-state index >= 15 is 0 Å². The predicted octanol–water partition coefficient (Wildman–Crippen LogP) is 3.58. The number of rotatable bonds is 7. The first-order chi connectivity index (χ1) is 18.2. The van der Waals surface area contributed by atoms with Gasteiger partial charge in [-0.1, -0.05) is 64.4 Å². The lowest BCUT2D eigenvalue weighted by atomic mass is 9.97. The molecule has 2 aromatic rings. The summed E-state index contributed by atoms with van der Waals surface area (Å²) in [6.07, 6.45) is 3.38. The van der Waals surface area contributed by atoms with Crippen LogP contribution >= 0.6 is 0 Å². The molecule has 1 aliphatic heterocycles. The van der Waals surface area contributed by atoms with Crippen LogP contribution in [0.25, 0.3) is 0 Å². The molecular formula is C29H44N6O3. The van der Waals surface area contributed by atoms with Crippen molar-refractivity contribution in [1.29, 1.82) is 0 Å². The summed E-state index contributed by atoms with van der Waals surface area (Å²) < 4.78 is 1.83. The van der Waals surface area contributed by atoms with Crippen molar-refractivity contribution in [3.63, 3.8) is 0 Å². The largest absolute Gasteiger partial charge is 0.344 e. The van der Waals surface area contributed by atoms with Crippen LogP contribution in [0.2, 0.25) is 0 Å². The molecule has 0 spiro atoms. The summed E-state index contributed by atoms with van der Waals surface area (Å²) in [5.74, 6) is 1.36. The minimum atomic E-state index is -0.657. The maximum Gasteiger partial charge on any atom is 0.243 e. The molecular weight excluding hydrogens is 480 g/mol. The Hall–Kier alpha value is -3.23. The first-order valence-corrected chi connectivity index (χ1v) is 14.0. The maximum atomic E-state index is 13.6. The standard InChI is InChI=1S/C29H44N6O3/c1-6-21(4)27-29(38)31-24(19-23-11-8-7-9-12-23)28-30-22(5)33-35(28)18-17-34(16-10-13-25(36)32-27)26(37)15-14-20(2)3/h7-9,11-12,20-21,24,27H,6,10,13-19H2,1-5H3,(H,31,38)(H,32,36)/t21-,24-,27-/m0/s1. The molecule has 0 unspecified atom stereocenters. The number of aromatic nitrogens is 3. The molecule has 1 aromatic carbocycles. The van der Waals surface area contributed by atoms with Crippen molar-refractivity contribution in [3.05, 3.63) is 47.5 Å². The molecule has 3 amide bonds. The number of benzene rings is 1. The summed E-state index contributed by atoms with van der Waals surface area (Å²) in [4.78, 5) is 46.1. The average molecular weight is 525 g/mol. The van der Waals surface area contributed by atoms with Gasteiger partial charge in [0.05, 0.1) is 12.6 Å². The molecule has 9 nitrogen and oxygen atoms in total. The number of carbonyl (C=O) groups excluding carboxylic acids is 3. The van der Waals surface area contributed by atoms with E-state index in [9.17, 15) is 14.4 Å². The third-order valence-electron chi connectivity index (χ3n) is 7.23. The van der Waals surface area contributed by atoms with Crippen LogP contribution in [-0.4, -0.2) is 56.5 Å². The summed E-state index contributed by atoms with van der Waals surface area (Å²) in [7, 11) is 0. The van der Waals surface area contributed by atoms with Gasteiger partial charge in [0.1, 0.15) is 17.7 Å². The molecule has 0 saturated carbocycles. The van der Waals surface area contributed by atoms with Gasteiger partial charge in [0, 0.05) is 25.9 Å². The maximum absolute atomic E-state index is 13.6. The van der Waals surface area contributed by atoms with Crippen LogP contribution in [0.5, 0.6) is 0 Å². The highest BCUT2D eigenvalue weighted by Crippen LogP contribution is 2.20. The van der Waals surface area contributed by atoms with E-state index in [1.54, 1.807) is 0 Å². The lowest BCUT2D eigenvalue weighted by Gasteiger charge is -2.28. The van der Waals surface area contributed by atoms with E-state index < -0.39 is 12.1 Å². The molecule has 38 heavy (non-hydrogen) atoms. The Labute approximate surface area is 226 Å². The van der Waals surface area contributed by atoms with E-state index in [0.717, 1.165) is 18.4 Å². The zero-order valence-corrected chi connectivity index (χ0v) is 23.6. The van der Waals surface area contributed by atoms with Gasteiger partial charge >= 0.3 is 0 Å². The molecule has 3 rings (SSSR count). The van der Waals surface area contributed by atoms with Crippen LogP contribution in [-0.2, 0) is 27.3 Å². The van der Waals surface area contributed by atoms with Crippen LogP contribution in [0.3, 0.4) is 0 Å². The van der Waals surface area contributed by atoms with Crippen molar-refractivity contribution in [3.8, 4) is 0 Å². The lowest BCUT2D eigenvalue weighted by molar-refractivity contribution is -0.132. The van der Waals surface area contributed by atoms with Gasteiger partial charge in [-0.2, -0.15) is 5.10 Å². The summed E-state index contributed by atoms with van der Waals surface area (Å²) in [6.45, 7) is 11.5. The van der Waals surface area contributed by atoms with Crippen LogP contribution in [0.15, 0.2) is 30.3 Å². The van der Waals surface area contributed by atoms with E-state index in [0.29, 0.717) is 56.5 Å². The van der Waals surface area contributed by atoms with Gasteiger partial charge < -0.3 is 15.5 Å². The number of hydrogen-bond donors (Lipinski definition) is 2. The van der Waals surface area contributed by atoms with Crippen molar-refractivity contribution in [2.24, 2.45) is 11.8 Å². The normalized spacial score (nSPS) is 20.3. The third-order valence-corrected chi connectivity index (χ3v) is 7.23. The lowest BCUT2D eigenvalue weighted by Crippen LogP contribution is -2.51. The number of nitrogens with zero attached hydrogens (tertiary/aromatic N) is 4. The summed E-state index contributed by atoms with van der Waals surface area (Å²) in [6, 6.07) is 8.85. The Kier molecular flexibility index (Phi) is 10.9. The summed E-state index contributed by atoms with van der Waals surface area (Å²) in [5.41, 5.74) is 1.06. The third kappa shape index (κ3) is 8.39. The highest BCUT2D eigenvalue weighted by Gasteiger charge is 2.30. The van der Waals surface area contributed by atoms with Crippen LogP contribution in [0.1, 0.15) is 83.1 Å². The van der Waals surface area contributed by atoms with Gasteiger partial charge in [-0.25, -0.2) is 9.67 Å². The van der Waals surface area contributed by atoms with Crippen LogP contribution in [0, 0.1) is 18.8 Å². The molecule has 1 aromatic heterocycles. The zero-order chi connectivity index (χ0) is 27.7. The molecule has 2 N–H and O–H groups in total. The van der Waals surface area contributed by atoms with E-state index in [4.69, 9.17) is 4.98 Å². The Morgan fingerprint density at radius 2 is 1.82 bits per heavy atom. The molecule has 3 atom stereocenters. The second-order valence-corrected chi connectivity index (χ2v) is 10.8. The van der Waals surface area contributed by atoms with Gasteiger partial charge in [-0.3, -0.25) is 14.4 Å². The Balaban J connectivity index is 1.96. The number of amides is 3. The molecule has 208 valence electrons. The monoisotopic (exact) mass is 524 g/mol. The fraction of sp³-hybridized carbons (Fsp3) is 0.621. The highest BCUT2D eigenvalue weighted by molar-refractivity contribution is 5.88. The second-order valence-electron chi connectivity index (χ2n) is 10.8. The van der Waals surface area contributed by atoms with Crippen molar-refractivity contribution in [2.75, 3.05) is 13.1 Å². The summed E-state index contributed by atoms with van der Waals surface area (Å²) in [5, 5.41) is 10.8. The topological polar surface area (TPSA) is 109 Å². The average Bonchev–Trinajstić information content (AvgIpc) is 3.27. The minimum absolute atomic E-state index is 0.0436. The predicted molar refractivity (Wildman–Crippen MR) is 147 cm³/mol. The molecule has 0 bridgehead atoms. The second kappa shape index (κ2) is 14.1. The van der Waals surface area contributed by atoms with E-state index in [1.807, 2.05) is 60.7 Å². The molecule has 0 aliphatic carbocycles.